The highest BCUT2D eigenvalue weighted by Gasteiger charge is 2.49. The number of nitrogens with zero attached hydrogens (tertiary/aromatic N) is 4. The molecular formula is C70H86N4O24. The van der Waals surface area contributed by atoms with E-state index < -0.39 is 111 Å². The third-order valence-corrected chi connectivity index (χ3v) is 18.1. The number of unbranched alkanes of at least 4 members (excludes halogenated alkanes) is 4. The average molecular weight is 1370 g/mol. The Morgan fingerprint density at radius 1 is 0.541 bits per heavy atom. The summed E-state index contributed by atoms with van der Waals surface area (Å²) in [6.07, 6.45) is -12.7. The lowest BCUT2D eigenvalue weighted by molar-refractivity contribution is -0.242. The number of benzene rings is 4. The highest BCUT2D eigenvalue weighted by molar-refractivity contribution is 6.07. The number of carbonyl (C=O) groups is 6. The van der Waals surface area contributed by atoms with Crippen molar-refractivity contribution < 1.29 is 117 Å². The molecule has 4 fully saturated rings. The van der Waals surface area contributed by atoms with Crippen LogP contribution in [0.1, 0.15) is 136 Å². The Labute approximate surface area is 565 Å². The first-order valence-corrected chi connectivity index (χ1v) is 32.8. The fourth-order valence-corrected chi connectivity index (χ4v) is 12.7. The van der Waals surface area contributed by atoms with E-state index in [0.717, 1.165) is 22.6 Å². The third-order valence-electron chi connectivity index (χ3n) is 18.1. The zero-order chi connectivity index (χ0) is 70.2. The van der Waals surface area contributed by atoms with E-state index in [2.05, 4.69) is 13.2 Å². The molecule has 2 unspecified atom stereocenters. The first-order chi connectivity index (χ1) is 47.0. The van der Waals surface area contributed by atoms with Crippen LogP contribution in [0.2, 0.25) is 0 Å². The maximum atomic E-state index is 14.5. The molecule has 10 rings (SSSR count). The first-order valence-electron chi connectivity index (χ1n) is 32.8. The maximum absolute atomic E-state index is 14.5. The number of amides is 4. The number of ether oxygens (including phenoxy) is 10. The van der Waals surface area contributed by atoms with Gasteiger partial charge in [0.1, 0.15) is 67.1 Å². The van der Waals surface area contributed by atoms with Gasteiger partial charge in [-0.25, -0.2) is 19.4 Å². The van der Waals surface area contributed by atoms with Gasteiger partial charge in [0.15, 0.2) is 35.5 Å². The molecule has 4 aromatic carbocycles. The first kappa shape index (κ1) is 72.5. The Hall–Kier alpha value is -8.26. The van der Waals surface area contributed by atoms with Crippen LogP contribution in [0, 0.1) is 6.92 Å². The summed E-state index contributed by atoms with van der Waals surface area (Å²) in [5, 5.41) is 85.9. The van der Waals surface area contributed by atoms with Gasteiger partial charge in [0.05, 0.1) is 79.2 Å². The van der Waals surface area contributed by atoms with Crippen molar-refractivity contribution in [2.45, 2.75) is 171 Å². The van der Waals surface area contributed by atoms with Gasteiger partial charge in [0.2, 0.25) is 12.6 Å². The molecule has 4 aromatic rings. The number of aryl methyl sites for hydroxylation is 1. The number of methoxy groups -OCH3 is 2. The maximum Gasteiger partial charge on any atom is 0.416 e. The summed E-state index contributed by atoms with van der Waals surface area (Å²) in [4.78, 5) is 89.9. The van der Waals surface area contributed by atoms with Gasteiger partial charge in [-0.05, 0) is 105 Å². The van der Waals surface area contributed by atoms with Gasteiger partial charge in [-0.3, -0.25) is 19.2 Å². The molecule has 28 nitrogen and oxygen atoms in total. The van der Waals surface area contributed by atoms with E-state index in [4.69, 9.17) is 47.4 Å². The number of anilines is 2. The summed E-state index contributed by atoms with van der Waals surface area (Å²) in [6.45, 7) is 11.1. The van der Waals surface area contributed by atoms with E-state index in [0.29, 0.717) is 65.7 Å². The lowest BCUT2D eigenvalue weighted by Crippen LogP contribution is -2.54. The summed E-state index contributed by atoms with van der Waals surface area (Å²) < 4.78 is 57.8. The largest absolute Gasteiger partial charge is 0.493 e. The second kappa shape index (κ2) is 32.2. The van der Waals surface area contributed by atoms with Crippen LogP contribution in [-0.2, 0) is 36.9 Å². The lowest BCUT2D eigenvalue weighted by Gasteiger charge is -2.35. The molecule has 0 aliphatic carbocycles. The third kappa shape index (κ3) is 15.9. The number of ketones is 2. The highest BCUT2D eigenvalue weighted by atomic mass is 16.7. The summed E-state index contributed by atoms with van der Waals surface area (Å²) in [5.74, 6) is -1.02. The molecule has 6 aliphatic rings. The Balaban J connectivity index is 0.808. The number of Topliss-reactive ketones (excluding diaryl/α,β-unsaturated/α-hetero) is 2. The van der Waals surface area contributed by atoms with Gasteiger partial charge < -0.3 is 98.0 Å². The molecule has 0 spiro atoms. The minimum Gasteiger partial charge on any atom is -0.493 e. The van der Waals surface area contributed by atoms with Gasteiger partial charge in [0.25, 0.3) is 11.8 Å². The topological polar surface area (TPSA) is 370 Å². The second-order valence-electron chi connectivity index (χ2n) is 25.3. The van der Waals surface area contributed by atoms with Crippen LogP contribution in [0.5, 0.6) is 28.7 Å². The predicted octanol–water partition coefficient (Wildman–Crippen LogP) is 5.13. The zero-order valence-electron chi connectivity index (χ0n) is 55.2. The molecule has 4 saturated heterocycles. The fraction of sp³-hybridized carbons (Fsp3) is 0.514. The van der Waals surface area contributed by atoms with Crippen LogP contribution in [0.25, 0.3) is 0 Å². The van der Waals surface area contributed by atoms with Crippen LogP contribution in [0.15, 0.2) is 85.0 Å². The minimum absolute atomic E-state index is 0.00263. The number of aliphatic hydroxyl groups is 8. The van der Waals surface area contributed by atoms with Crippen LogP contribution >= 0.6 is 0 Å². The van der Waals surface area contributed by atoms with E-state index in [1.54, 1.807) is 13.0 Å². The van der Waals surface area contributed by atoms with E-state index in [-0.39, 0.29) is 140 Å². The minimum atomic E-state index is -1.66. The van der Waals surface area contributed by atoms with Gasteiger partial charge >= 0.3 is 12.2 Å². The summed E-state index contributed by atoms with van der Waals surface area (Å²) in [7, 11) is 2.88. The fourth-order valence-electron chi connectivity index (χ4n) is 12.7. The number of hydrogen-bond acceptors (Lipinski definition) is 24. The monoisotopic (exact) mass is 1370 g/mol. The number of aliphatic hydroxyl groups excluding tert-OH is 8. The Bertz CT molecular complexity index is 3620. The van der Waals surface area contributed by atoms with Crippen molar-refractivity contribution in [3.8, 4) is 28.7 Å². The van der Waals surface area contributed by atoms with Gasteiger partial charge in [-0.2, -0.15) is 0 Å². The molecular weight excluding hydrogens is 1280 g/mol. The van der Waals surface area contributed by atoms with Gasteiger partial charge in [-0.15, -0.1) is 0 Å². The number of rotatable bonds is 27. The summed E-state index contributed by atoms with van der Waals surface area (Å²) in [6, 6.07) is 13.0. The molecule has 8 N–H and O–H groups in total. The van der Waals surface area contributed by atoms with E-state index in [1.165, 1.54) is 78.6 Å². The average Bonchev–Trinajstić information content (AvgIpc) is 1.58. The molecule has 0 radical (unpaired) electrons. The van der Waals surface area contributed by atoms with Crippen molar-refractivity contribution in [2.24, 2.45) is 0 Å². The molecule has 530 valence electrons. The molecule has 28 heteroatoms. The molecule has 4 amide bonds. The van der Waals surface area contributed by atoms with Crippen molar-refractivity contribution >= 4 is 46.9 Å². The molecule has 98 heavy (non-hydrogen) atoms. The normalized spacial score (nSPS) is 25.2. The van der Waals surface area contributed by atoms with Crippen LogP contribution in [0.3, 0.4) is 0 Å². The molecule has 12 atom stereocenters. The van der Waals surface area contributed by atoms with Gasteiger partial charge in [-0.1, -0.05) is 56.2 Å². The van der Waals surface area contributed by atoms with Crippen LogP contribution < -0.4 is 33.5 Å². The zero-order valence-corrected chi connectivity index (χ0v) is 55.2. The molecule has 6 aliphatic heterocycles. The number of fused-ring (bicyclic) bond motifs is 4. The van der Waals surface area contributed by atoms with Crippen molar-refractivity contribution in [1.82, 2.24) is 9.80 Å². The molecule has 0 bridgehead atoms. The van der Waals surface area contributed by atoms with Crippen molar-refractivity contribution in [2.75, 3.05) is 70.1 Å². The highest BCUT2D eigenvalue weighted by Crippen LogP contribution is 2.44. The SMILES string of the molecule is C=C1C[C@H]2C(O)N(C(=O)OCc3ccc(O[C@@H]4OC[C@@H](O)[C@H](O)[C@H]4O)c(C(=O)CCCCC)c3)c3cc(OCCCCCOc4cc5c(cc4OC)C(=O)N4CC(=C)C[C@H]4C(O)N5C(=O)OCc4ccc(O[C@@H]5OC[C@@H](O)[C@H](O)[C@H]5O)c(C(=O)CCCOC)c4)c(C)cc3C(=O)N2C1. The van der Waals surface area contributed by atoms with Gasteiger partial charge in [0, 0.05) is 51.8 Å². The van der Waals surface area contributed by atoms with Crippen molar-refractivity contribution in [3.05, 3.63) is 124 Å². The second-order valence-corrected chi connectivity index (χ2v) is 25.3. The quantitative estimate of drug-likeness (QED) is 0.0218. The molecule has 0 saturated carbocycles. The smallest absolute Gasteiger partial charge is 0.416 e. The van der Waals surface area contributed by atoms with Crippen molar-refractivity contribution in [1.29, 1.82) is 0 Å². The summed E-state index contributed by atoms with van der Waals surface area (Å²) >= 11 is 0. The standard InChI is InChI=1S/C70H86N4O24/c1-7-8-10-14-50(75)44-26-40(16-18-54(44)97-67-61(81)59(79)52(77)35-93-67)33-95-69(87)73-46-29-56(39(4)25-42(46)63(83)71-31-37(2)23-48(71)65(73)85)91-21-11-9-12-22-92-58-30-47-43(28-57(58)90-6)64(84)72-32-38(3)24-49(72)66(86)74(47)70(88)96-34-41-17-19-55(45(27-41)51(76)15-13-20-89-5)98-68-62(82)60(80)53(78)36-94-68/h16-19,25-30,48-49,52-53,59-62,65-68,77-82,85-86H,2-3,7-15,20-24,31-36H2,1,4-6H3/t48-,49-,52+,53+,59-,60-,61+,62+,65?,66?,67-,68-/m0/s1. The van der Waals surface area contributed by atoms with E-state index in [9.17, 15) is 69.6 Å². The lowest BCUT2D eigenvalue weighted by atomic mass is 10.0. The Morgan fingerprint density at radius 3 is 1.49 bits per heavy atom. The number of hydrogen-bond donors (Lipinski definition) is 8. The van der Waals surface area contributed by atoms with Crippen LogP contribution in [-0.4, -0.2) is 220 Å². The summed E-state index contributed by atoms with van der Waals surface area (Å²) in [5.41, 5.74) is 2.81. The van der Waals surface area contributed by atoms with E-state index in [1.807, 2.05) is 6.92 Å². The number of carbonyl (C=O) groups excluding carboxylic acids is 6. The Morgan fingerprint density at radius 2 is 1.01 bits per heavy atom. The molecule has 0 aromatic heterocycles. The molecule has 6 heterocycles. The van der Waals surface area contributed by atoms with E-state index >= 15 is 0 Å². The van der Waals surface area contributed by atoms with Crippen LogP contribution in [0.4, 0.5) is 21.0 Å². The predicted molar refractivity (Wildman–Crippen MR) is 347 cm³/mol. The Kier molecular flexibility index (Phi) is 23.8. The van der Waals surface area contributed by atoms with Crippen molar-refractivity contribution in [3.63, 3.8) is 0 Å².